The fourth-order valence-electron chi connectivity index (χ4n) is 5.76. The van der Waals surface area contributed by atoms with Gasteiger partial charge in [0.25, 0.3) is 0 Å². The average molecular weight is 299 g/mol. The van der Waals surface area contributed by atoms with Crippen molar-refractivity contribution < 1.29 is 0 Å². The second-order valence-electron chi connectivity index (χ2n) is 8.19. The van der Waals surface area contributed by atoms with Crippen molar-refractivity contribution in [3.63, 3.8) is 0 Å². The summed E-state index contributed by atoms with van der Waals surface area (Å²) in [6.45, 7) is 9.88. The van der Waals surface area contributed by atoms with E-state index in [0.717, 1.165) is 17.8 Å². The fraction of sp³-hybridized carbons (Fsp3) is 1.00. The van der Waals surface area contributed by atoms with Gasteiger partial charge in [0.15, 0.2) is 0 Å². The van der Waals surface area contributed by atoms with E-state index >= 15 is 0 Å². The van der Waals surface area contributed by atoms with E-state index in [2.05, 4.69) is 43.6 Å². The molecule has 0 aliphatic heterocycles. The predicted molar refractivity (Wildman–Crippen MR) is 77.4 cm³/mol. The maximum absolute atomic E-state index is 4.16. The minimum atomic E-state index is 0.501. The summed E-state index contributed by atoms with van der Waals surface area (Å²) in [5.74, 6) is 2.73. The molecule has 0 saturated heterocycles. The number of rotatable bonds is 2. The molecule has 0 aromatic rings. The molecule has 4 fully saturated rings. The normalized spacial score (nSPS) is 52.8. The van der Waals surface area contributed by atoms with E-state index in [9.17, 15) is 0 Å². The van der Waals surface area contributed by atoms with Gasteiger partial charge >= 0.3 is 0 Å². The van der Waals surface area contributed by atoms with Crippen LogP contribution in [0.4, 0.5) is 0 Å². The first-order chi connectivity index (χ1) is 7.79. The molecule has 17 heavy (non-hydrogen) atoms. The Hall–Kier alpha value is 0.480. The van der Waals surface area contributed by atoms with Gasteiger partial charge in [0.05, 0.1) is 0 Å². The molecule has 4 saturated carbocycles. The lowest BCUT2D eigenvalue weighted by Crippen LogP contribution is -2.60. The standard InChI is InChI=1S/C16H27Br/c1-11(2)14-5-13-6-15(8-14,12(3)4)10-16(17,7-13)9-14/h11-13H,5-10H2,1-4H3/t13?,14-,15+,16?. The van der Waals surface area contributed by atoms with Crippen LogP contribution in [0.15, 0.2) is 0 Å². The second kappa shape index (κ2) is 3.52. The molecule has 1 heteroatoms. The zero-order chi connectivity index (χ0) is 12.5. The molecule has 4 bridgehead atoms. The topological polar surface area (TPSA) is 0 Å². The molecule has 0 nitrogen and oxygen atoms in total. The number of halogens is 1. The highest BCUT2D eigenvalue weighted by Gasteiger charge is 2.63. The van der Waals surface area contributed by atoms with Crippen molar-refractivity contribution in [2.24, 2.45) is 28.6 Å². The molecule has 0 radical (unpaired) electrons. The monoisotopic (exact) mass is 298 g/mol. The predicted octanol–water partition coefficient (Wildman–Crippen LogP) is 5.40. The van der Waals surface area contributed by atoms with Gasteiger partial charge in [-0.05, 0) is 67.1 Å². The molecule has 2 unspecified atom stereocenters. The van der Waals surface area contributed by atoms with E-state index in [1.165, 1.54) is 38.5 Å². The Morgan fingerprint density at radius 2 is 1.29 bits per heavy atom. The first kappa shape index (κ1) is 12.5. The van der Waals surface area contributed by atoms with Crippen molar-refractivity contribution in [3.05, 3.63) is 0 Å². The smallest absolute Gasteiger partial charge is 0.0271 e. The van der Waals surface area contributed by atoms with E-state index in [4.69, 9.17) is 0 Å². The Bertz CT molecular complexity index is 306. The van der Waals surface area contributed by atoms with Crippen molar-refractivity contribution in [1.82, 2.24) is 0 Å². The molecule has 0 amide bonds. The molecule has 0 aromatic heterocycles. The zero-order valence-corrected chi connectivity index (χ0v) is 13.4. The van der Waals surface area contributed by atoms with Gasteiger partial charge in [0, 0.05) is 4.32 Å². The maximum Gasteiger partial charge on any atom is 0.0271 e. The lowest BCUT2D eigenvalue weighted by Gasteiger charge is -2.68. The third-order valence-electron chi connectivity index (χ3n) is 6.54. The molecule has 98 valence electrons. The van der Waals surface area contributed by atoms with E-state index in [1.54, 1.807) is 0 Å². The lowest BCUT2D eigenvalue weighted by atomic mass is 9.40. The summed E-state index contributed by atoms with van der Waals surface area (Å²) in [4.78, 5) is 0. The molecule has 4 aliphatic rings. The first-order valence-electron chi connectivity index (χ1n) is 7.48. The van der Waals surface area contributed by atoms with Crippen molar-refractivity contribution in [2.45, 2.75) is 70.5 Å². The highest BCUT2D eigenvalue weighted by Crippen LogP contribution is 2.72. The maximum atomic E-state index is 4.16. The van der Waals surface area contributed by atoms with Gasteiger partial charge in [-0.15, -0.1) is 0 Å². The molecule has 4 atom stereocenters. The largest absolute Gasteiger partial charge is 0.0853 e. The van der Waals surface area contributed by atoms with Crippen LogP contribution >= 0.6 is 15.9 Å². The van der Waals surface area contributed by atoms with E-state index in [-0.39, 0.29) is 0 Å². The third-order valence-corrected chi connectivity index (χ3v) is 7.42. The SMILES string of the molecule is CC(C)[C@@]12CC3CC(Br)(C1)C[C@](C(C)C)(C3)C2. The number of hydrogen-bond acceptors (Lipinski definition) is 0. The summed E-state index contributed by atoms with van der Waals surface area (Å²) in [6.07, 6.45) is 8.90. The van der Waals surface area contributed by atoms with Crippen LogP contribution in [-0.2, 0) is 0 Å². The summed E-state index contributed by atoms with van der Waals surface area (Å²) < 4.78 is 0.501. The van der Waals surface area contributed by atoms with Crippen LogP contribution in [0.1, 0.15) is 66.2 Å². The summed E-state index contributed by atoms with van der Waals surface area (Å²) in [7, 11) is 0. The average Bonchev–Trinajstić information content (AvgIpc) is 2.12. The van der Waals surface area contributed by atoms with Crippen LogP contribution < -0.4 is 0 Å². The quantitative estimate of drug-likeness (QED) is 0.599. The van der Waals surface area contributed by atoms with Crippen LogP contribution in [0.2, 0.25) is 0 Å². The Kier molecular flexibility index (Phi) is 2.59. The zero-order valence-electron chi connectivity index (χ0n) is 11.9. The number of hydrogen-bond donors (Lipinski definition) is 0. The third kappa shape index (κ3) is 1.67. The van der Waals surface area contributed by atoms with Gasteiger partial charge in [-0.3, -0.25) is 0 Å². The summed E-state index contributed by atoms with van der Waals surface area (Å²) in [5, 5.41) is 0. The first-order valence-corrected chi connectivity index (χ1v) is 8.28. The van der Waals surface area contributed by atoms with Crippen molar-refractivity contribution in [3.8, 4) is 0 Å². The van der Waals surface area contributed by atoms with Crippen LogP contribution in [0.3, 0.4) is 0 Å². The van der Waals surface area contributed by atoms with Crippen molar-refractivity contribution >= 4 is 15.9 Å². The molecule has 0 aromatic carbocycles. The Balaban J connectivity index is 2.03. The van der Waals surface area contributed by atoms with E-state index in [1.807, 2.05) is 0 Å². The molecule has 4 aliphatic carbocycles. The summed E-state index contributed by atoms with van der Waals surface area (Å²) in [5.41, 5.74) is 1.32. The van der Waals surface area contributed by atoms with Crippen molar-refractivity contribution in [1.29, 1.82) is 0 Å². The molecule has 4 rings (SSSR count). The van der Waals surface area contributed by atoms with Crippen LogP contribution in [-0.4, -0.2) is 4.32 Å². The molecular formula is C16H27Br. The minimum absolute atomic E-state index is 0.501. The molecule has 0 N–H and O–H groups in total. The lowest BCUT2D eigenvalue weighted by molar-refractivity contribution is -0.135. The van der Waals surface area contributed by atoms with E-state index in [0.29, 0.717) is 15.2 Å². The van der Waals surface area contributed by atoms with Gasteiger partial charge in [0.2, 0.25) is 0 Å². The highest BCUT2D eigenvalue weighted by molar-refractivity contribution is 9.10. The Labute approximate surface area is 115 Å². The fourth-order valence-corrected chi connectivity index (χ4v) is 7.33. The summed E-state index contributed by atoms with van der Waals surface area (Å²) in [6, 6.07) is 0. The summed E-state index contributed by atoms with van der Waals surface area (Å²) >= 11 is 4.16. The molecule has 0 heterocycles. The minimum Gasteiger partial charge on any atom is -0.0853 e. The van der Waals surface area contributed by atoms with Crippen LogP contribution in [0.25, 0.3) is 0 Å². The van der Waals surface area contributed by atoms with Gasteiger partial charge in [-0.1, -0.05) is 43.6 Å². The van der Waals surface area contributed by atoms with Crippen LogP contribution in [0, 0.1) is 28.6 Å². The van der Waals surface area contributed by atoms with Crippen molar-refractivity contribution in [2.75, 3.05) is 0 Å². The van der Waals surface area contributed by atoms with Gasteiger partial charge < -0.3 is 0 Å². The molecular weight excluding hydrogens is 272 g/mol. The van der Waals surface area contributed by atoms with Gasteiger partial charge in [0.1, 0.15) is 0 Å². The second-order valence-corrected chi connectivity index (χ2v) is 9.88. The Morgan fingerprint density at radius 1 is 0.824 bits per heavy atom. The Morgan fingerprint density at radius 3 is 1.65 bits per heavy atom. The highest BCUT2D eigenvalue weighted by atomic mass is 79.9. The van der Waals surface area contributed by atoms with Crippen LogP contribution in [0.5, 0.6) is 0 Å². The number of alkyl halides is 1. The molecule has 0 spiro atoms. The van der Waals surface area contributed by atoms with Gasteiger partial charge in [-0.25, -0.2) is 0 Å². The van der Waals surface area contributed by atoms with E-state index < -0.39 is 0 Å². The van der Waals surface area contributed by atoms with Gasteiger partial charge in [-0.2, -0.15) is 0 Å².